The van der Waals surface area contributed by atoms with E-state index >= 15 is 0 Å². The van der Waals surface area contributed by atoms with E-state index in [-0.39, 0.29) is 6.42 Å². The van der Waals surface area contributed by atoms with Gasteiger partial charge in [0.25, 0.3) is 0 Å². The summed E-state index contributed by atoms with van der Waals surface area (Å²) in [5.41, 5.74) is 6.54. The summed E-state index contributed by atoms with van der Waals surface area (Å²) in [6.07, 6.45) is -6.66. The molecule has 0 aliphatic rings. The van der Waals surface area contributed by atoms with Crippen molar-refractivity contribution in [1.82, 2.24) is 63.5 Å². The summed E-state index contributed by atoms with van der Waals surface area (Å²) >= 11 is 0. The van der Waals surface area contributed by atoms with Crippen LogP contribution in [0.2, 0.25) is 0 Å². The zero-order valence-corrected chi connectivity index (χ0v) is 49.2. The number of carbonyl (C=O) groups excluding carboxylic acids is 11. The lowest BCUT2D eigenvalue weighted by atomic mass is 9.99. The van der Waals surface area contributed by atoms with Crippen molar-refractivity contribution in [3.63, 3.8) is 0 Å². The van der Waals surface area contributed by atoms with E-state index in [0.717, 1.165) is 6.92 Å². The van der Waals surface area contributed by atoms with Crippen LogP contribution < -0.4 is 64.2 Å². The van der Waals surface area contributed by atoms with Crippen LogP contribution in [0.5, 0.6) is 0 Å². The van der Waals surface area contributed by atoms with Gasteiger partial charge in [-0.2, -0.15) is 0 Å². The summed E-state index contributed by atoms with van der Waals surface area (Å²) < 4.78 is 0. The number of hydrogen-bond acceptors (Lipinski definition) is 22. The number of aromatic nitrogens is 1. The quantitative estimate of drug-likeness (QED) is 0.0294. The van der Waals surface area contributed by atoms with Gasteiger partial charge < -0.3 is 120 Å². The van der Waals surface area contributed by atoms with Crippen LogP contribution in [-0.2, 0) is 87.9 Å². The van der Waals surface area contributed by atoms with Crippen molar-refractivity contribution in [3.05, 3.63) is 36.0 Å². The largest absolute Gasteiger partial charge is 0.481 e. The average Bonchev–Trinajstić information content (AvgIpc) is 1.65. The summed E-state index contributed by atoms with van der Waals surface area (Å²) in [7, 11) is 0. The highest BCUT2D eigenvalue weighted by Gasteiger charge is 2.38. The van der Waals surface area contributed by atoms with Crippen LogP contribution >= 0.6 is 0 Å². The SMILES string of the molecule is CC(C)[C@H](NC(=O)[C@H](CC(=O)O)NC(=O)[C@@H](N)CC(=O)O)C(=O)N[C@@H](Cc1c[nH]c2ccccc12)C(=O)N[C@H](C(=O)N[C@@H](CO)C(=O)NCC(=O)N[C@@H](CO)C(=O)N[C@@H](CC(=O)O)C(=O)N[C@@H](CO)C(=O)N[C@@H](CC(=O)O)C(=O)N[C@@H](CCC(=O)O)C(=O)O)[C@@H](C)O. The van der Waals surface area contributed by atoms with E-state index in [1.165, 1.54) is 20.0 Å². The number of fused-ring (bicyclic) bond motifs is 1. The van der Waals surface area contributed by atoms with Crippen LogP contribution in [0.4, 0.5) is 0 Å². The van der Waals surface area contributed by atoms with E-state index in [0.29, 0.717) is 16.5 Å². The van der Waals surface area contributed by atoms with Gasteiger partial charge in [0, 0.05) is 29.9 Å². The van der Waals surface area contributed by atoms with Crippen molar-refractivity contribution < 1.29 is 133 Å². The van der Waals surface area contributed by atoms with E-state index in [4.69, 9.17) is 15.9 Å². The number of aliphatic hydroxyl groups excluding tert-OH is 4. The van der Waals surface area contributed by atoms with Gasteiger partial charge >= 0.3 is 35.8 Å². The van der Waals surface area contributed by atoms with E-state index < -0.39 is 244 Å². The molecule has 0 saturated heterocycles. The molecule has 1 aromatic carbocycles. The zero-order chi connectivity index (χ0) is 69.9. The molecule has 92 heavy (non-hydrogen) atoms. The van der Waals surface area contributed by atoms with Gasteiger partial charge in [0.2, 0.25) is 65.0 Å². The third-order valence-corrected chi connectivity index (χ3v) is 13.0. The molecular weight excluding hydrogens is 1240 g/mol. The molecule has 0 aliphatic heterocycles. The van der Waals surface area contributed by atoms with E-state index in [1.807, 2.05) is 37.2 Å². The monoisotopic (exact) mass is 1310 g/mol. The Balaban J connectivity index is 2.26. The Labute approximate surface area is 518 Å². The Morgan fingerprint density at radius 1 is 0.446 bits per heavy atom. The number of nitrogens with two attached hydrogens (primary N) is 1. The first-order chi connectivity index (χ1) is 43.0. The van der Waals surface area contributed by atoms with E-state index in [1.54, 1.807) is 24.3 Å². The number of hydrogen-bond donors (Lipinski definition) is 23. The van der Waals surface area contributed by atoms with Crippen LogP contribution in [0.1, 0.15) is 64.9 Å². The molecule has 40 heteroatoms. The minimum Gasteiger partial charge on any atom is -0.481 e. The van der Waals surface area contributed by atoms with Gasteiger partial charge in [-0.05, 0) is 30.9 Å². The second-order valence-corrected chi connectivity index (χ2v) is 20.6. The van der Waals surface area contributed by atoms with Crippen molar-refractivity contribution in [2.24, 2.45) is 11.7 Å². The number of H-pyrrole nitrogens is 1. The first-order valence-corrected chi connectivity index (χ1v) is 27.5. The highest BCUT2D eigenvalue weighted by Crippen LogP contribution is 2.20. The third-order valence-electron chi connectivity index (χ3n) is 13.0. The van der Waals surface area contributed by atoms with E-state index in [9.17, 15) is 122 Å². The molecule has 508 valence electrons. The van der Waals surface area contributed by atoms with Gasteiger partial charge in [-0.3, -0.25) is 76.7 Å². The molecule has 0 saturated carbocycles. The fourth-order valence-electron chi connectivity index (χ4n) is 8.14. The van der Waals surface area contributed by atoms with Crippen LogP contribution in [0.25, 0.3) is 10.9 Å². The summed E-state index contributed by atoms with van der Waals surface area (Å²) in [4.78, 5) is 218. The number of aromatic amines is 1. The predicted molar refractivity (Wildman–Crippen MR) is 304 cm³/mol. The second kappa shape index (κ2) is 37.5. The van der Waals surface area contributed by atoms with Gasteiger partial charge in [0.15, 0.2) is 0 Å². The maximum atomic E-state index is 14.2. The normalized spacial score (nSPS) is 14.9. The molecule has 11 amide bonds. The Kier molecular flexibility index (Phi) is 31.7. The Bertz CT molecular complexity index is 3060. The molecule has 0 aliphatic carbocycles. The summed E-state index contributed by atoms with van der Waals surface area (Å²) in [6.45, 7) is -1.12. The lowest BCUT2D eigenvalue weighted by molar-refractivity contribution is -0.144. The lowest BCUT2D eigenvalue weighted by Gasteiger charge is -2.29. The second-order valence-electron chi connectivity index (χ2n) is 20.6. The Hall–Kier alpha value is -10.4. The number of carbonyl (C=O) groups is 17. The fourth-order valence-corrected chi connectivity index (χ4v) is 8.14. The van der Waals surface area contributed by atoms with Crippen LogP contribution in [0.15, 0.2) is 30.5 Å². The molecule has 1 aromatic heterocycles. The van der Waals surface area contributed by atoms with Crippen molar-refractivity contribution in [2.45, 2.75) is 138 Å². The highest BCUT2D eigenvalue weighted by molar-refractivity contribution is 6.01. The molecule has 0 bridgehead atoms. The number of carboxylic acid groups (broad SMARTS) is 6. The standard InChI is InChI=1S/C52H73N13O27/c1-20(2)40(64-47(86)30(14-39(79)80)58-42(81)24(53)11-36(73)74)50(89)61-27(10-22-15-54-25-7-5-4-6-23(22)25)46(85)65-41(21(3)69)51(90)63-31(17-66)43(82)55-16-34(70)56-32(18-67)48(87)59-29(13-38(77)78)45(84)62-33(19-68)49(88)60-28(12-37(75)76)44(83)57-26(52(91)92)8-9-35(71)72/h4-7,15,20-21,24,26-33,40-41,54,66-69H,8-14,16-19,53H2,1-3H3,(H,55,82)(H,56,70)(H,57,83)(H,58,81)(H,59,87)(H,60,88)(H,61,89)(H,62,84)(H,63,90)(H,64,86)(H,65,85)(H,71,72)(H,73,74)(H,75,76)(H,77,78)(H,79,80)(H,91,92)/t21-,24+,26+,27+,28+,29+,30+,31+,32+,33+,40+,41+/m1/s1. The predicted octanol–water partition coefficient (Wildman–Crippen LogP) is -10.1. The van der Waals surface area contributed by atoms with Crippen molar-refractivity contribution in [2.75, 3.05) is 26.4 Å². The van der Waals surface area contributed by atoms with Crippen molar-refractivity contribution >= 4 is 112 Å². The van der Waals surface area contributed by atoms with E-state index in [2.05, 4.69) is 26.3 Å². The van der Waals surface area contributed by atoms with Crippen molar-refractivity contribution in [3.8, 4) is 0 Å². The maximum Gasteiger partial charge on any atom is 0.326 e. The van der Waals surface area contributed by atoms with Crippen LogP contribution in [0, 0.1) is 5.92 Å². The molecule has 1 heterocycles. The number of carboxylic acids is 6. The lowest BCUT2D eigenvalue weighted by Crippen LogP contribution is -2.62. The number of rotatable bonds is 41. The molecule has 40 nitrogen and oxygen atoms in total. The zero-order valence-electron chi connectivity index (χ0n) is 49.2. The first kappa shape index (κ1) is 77.6. The van der Waals surface area contributed by atoms with Gasteiger partial charge in [0.05, 0.1) is 64.2 Å². The maximum absolute atomic E-state index is 14.2. The number of benzene rings is 1. The van der Waals surface area contributed by atoms with Gasteiger partial charge in [-0.15, -0.1) is 0 Å². The molecular formula is C52H73N13O27. The summed E-state index contributed by atoms with van der Waals surface area (Å²) in [5, 5.41) is 119. The van der Waals surface area contributed by atoms with Crippen LogP contribution in [0.3, 0.4) is 0 Å². The number of aliphatic hydroxyl groups is 4. The third kappa shape index (κ3) is 25.9. The minimum atomic E-state index is -2.21. The van der Waals surface area contributed by atoms with Gasteiger partial charge in [-0.25, -0.2) is 4.79 Å². The number of para-hydroxylation sites is 1. The topological polar surface area (TPSA) is 667 Å². The number of amides is 11. The fraction of sp³-hybridized carbons (Fsp3) is 0.519. The highest BCUT2D eigenvalue weighted by atomic mass is 16.4. The molecule has 2 aromatic rings. The van der Waals surface area contributed by atoms with Crippen LogP contribution in [-0.4, -0.2) is 256 Å². The molecule has 0 radical (unpaired) electrons. The molecule has 0 fully saturated rings. The smallest absolute Gasteiger partial charge is 0.326 e. The summed E-state index contributed by atoms with van der Waals surface area (Å²) in [6, 6.07) is -14.7. The number of aliphatic carboxylic acids is 6. The summed E-state index contributed by atoms with van der Waals surface area (Å²) in [5.74, 6) is -25.5. The molecule has 0 spiro atoms. The molecule has 0 unspecified atom stereocenters. The van der Waals surface area contributed by atoms with Gasteiger partial charge in [-0.1, -0.05) is 32.0 Å². The van der Waals surface area contributed by atoms with Gasteiger partial charge in [0.1, 0.15) is 60.4 Å². The Morgan fingerprint density at radius 2 is 0.837 bits per heavy atom. The van der Waals surface area contributed by atoms with Crippen molar-refractivity contribution in [1.29, 1.82) is 0 Å². The number of nitrogens with one attached hydrogen (secondary N) is 12. The molecule has 24 N–H and O–H groups in total. The average molecular weight is 1310 g/mol. The first-order valence-electron chi connectivity index (χ1n) is 27.5. The minimum absolute atomic E-state index is 0.369. The molecule has 2 rings (SSSR count). The Morgan fingerprint density at radius 3 is 1.30 bits per heavy atom. The molecule has 12 atom stereocenters.